The Hall–Kier alpha value is -3.69. The van der Waals surface area contributed by atoms with Crippen molar-refractivity contribution in [2.45, 2.75) is 11.2 Å². The molecule has 3 heterocycles. The number of nitrogens with one attached hydrogen (secondary N) is 2. The van der Waals surface area contributed by atoms with Crippen molar-refractivity contribution in [2.24, 2.45) is 4.99 Å². The van der Waals surface area contributed by atoms with Crippen molar-refractivity contribution < 1.29 is 13.9 Å². The largest absolute Gasteiger partial charge is 0.466 e. The number of fused-ring (bicyclic) bond motifs is 1. The van der Waals surface area contributed by atoms with Gasteiger partial charge in [-0.05, 0) is 36.4 Å². The molecule has 0 saturated heterocycles. The number of thioether (sulfide) groups is 1. The van der Waals surface area contributed by atoms with Gasteiger partial charge in [0.05, 0.1) is 23.7 Å². The predicted molar refractivity (Wildman–Crippen MR) is 134 cm³/mol. The van der Waals surface area contributed by atoms with Crippen molar-refractivity contribution in [3.8, 4) is 0 Å². The number of esters is 1. The molecule has 10 heteroatoms. The number of halogens is 2. The van der Waals surface area contributed by atoms with E-state index in [9.17, 15) is 9.18 Å². The molecule has 0 bridgehead atoms. The van der Waals surface area contributed by atoms with Crippen molar-refractivity contribution in [3.05, 3.63) is 100 Å². The van der Waals surface area contributed by atoms with Crippen LogP contribution >= 0.6 is 23.4 Å². The Balaban J connectivity index is 1.58. The number of benzene rings is 2. The number of hydrogen-bond acceptors (Lipinski definition) is 7. The van der Waals surface area contributed by atoms with E-state index in [0.717, 1.165) is 11.0 Å². The first-order valence-corrected chi connectivity index (χ1v) is 12.0. The number of aliphatic imine (C=N–C) groups is 1. The lowest BCUT2D eigenvalue weighted by molar-refractivity contribution is -0.136. The SMILES string of the molecule is COC(=O)C1=C(CSc2nc3ccccc3[nH]2)NC(c2ccccn2)=NC1c1ccc(F)cc1Cl. The highest BCUT2D eigenvalue weighted by Gasteiger charge is 2.33. The number of aromatic amines is 1. The van der Waals surface area contributed by atoms with Crippen LogP contribution < -0.4 is 5.32 Å². The summed E-state index contributed by atoms with van der Waals surface area (Å²) in [5, 5.41) is 4.11. The van der Waals surface area contributed by atoms with Gasteiger partial charge in [0.25, 0.3) is 0 Å². The van der Waals surface area contributed by atoms with Crippen LogP contribution in [0.4, 0.5) is 4.39 Å². The molecule has 2 aromatic carbocycles. The Morgan fingerprint density at radius 1 is 1.17 bits per heavy atom. The fourth-order valence-corrected chi connectivity index (χ4v) is 4.90. The molecule has 176 valence electrons. The molecule has 0 amide bonds. The van der Waals surface area contributed by atoms with Gasteiger partial charge in [0.15, 0.2) is 11.0 Å². The summed E-state index contributed by atoms with van der Waals surface area (Å²) in [6.07, 6.45) is 1.65. The number of imidazole rings is 1. The fourth-order valence-electron chi connectivity index (χ4n) is 3.78. The maximum absolute atomic E-state index is 13.8. The van der Waals surface area contributed by atoms with E-state index in [-0.39, 0.29) is 10.6 Å². The fraction of sp³-hybridized carbons (Fsp3) is 0.120. The lowest BCUT2D eigenvalue weighted by Gasteiger charge is -2.27. The topological polar surface area (TPSA) is 92.3 Å². The van der Waals surface area contributed by atoms with Crippen LogP contribution in [-0.4, -0.2) is 39.6 Å². The molecule has 35 heavy (non-hydrogen) atoms. The van der Waals surface area contributed by atoms with E-state index < -0.39 is 17.8 Å². The average molecular weight is 508 g/mol. The Kier molecular flexibility index (Phi) is 6.52. The molecule has 7 nitrogen and oxygen atoms in total. The first kappa shape index (κ1) is 23.1. The van der Waals surface area contributed by atoms with Crippen molar-refractivity contribution in [1.29, 1.82) is 0 Å². The minimum Gasteiger partial charge on any atom is -0.466 e. The molecule has 0 radical (unpaired) electrons. The van der Waals surface area contributed by atoms with Gasteiger partial charge in [-0.25, -0.2) is 14.2 Å². The van der Waals surface area contributed by atoms with E-state index in [1.165, 1.54) is 37.1 Å². The van der Waals surface area contributed by atoms with E-state index in [4.69, 9.17) is 21.3 Å². The zero-order valence-electron chi connectivity index (χ0n) is 18.5. The van der Waals surface area contributed by atoms with Gasteiger partial charge in [0.1, 0.15) is 17.6 Å². The quantitative estimate of drug-likeness (QED) is 0.280. The maximum atomic E-state index is 13.8. The molecule has 0 saturated carbocycles. The molecular weight excluding hydrogens is 489 g/mol. The average Bonchev–Trinajstić information content (AvgIpc) is 3.30. The van der Waals surface area contributed by atoms with Crippen molar-refractivity contribution in [3.63, 3.8) is 0 Å². The normalized spacial score (nSPS) is 15.6. The summed E-state index contributed by atoms with van der Waals surface area (Å²) in [6.45, 7) is 0. The van der Waals surface area contributed by atoms with Crippen LogP contribution in [0.25, 0.3) is 11.0 Å². The third-order valence-electron chi connectivity index (χ3n) is 5.42. The van der Waals surface area contributed by atoms with Crippen molar-refractivity contribution in [2.75, 3.05) is 12.9 Å². The number of carbonyl (C=O) groups excluding carboxylic acids is 1. The number of rotatable bonds is 6. The molecule has 5 rings (SSSR count). The van der Waals surface area contributed by atoms with Gasteiger partial charge in [-0.1, -0.05) is 47.6 Å². The lowest BCUT2D eigenvalue weighted by Crippen LogP contribution is -2.35. The van der Waals surface area contributed by atoms with Gasteiger partial charge in [0, 0.05) is 28.2 Å². The third kappa shape index (κ3) is 4.78. The minimum absolute atomic E-state index is 0.159. The van der Waals surface area contributed by atoms with Crippen LogP contribution in [0.1, 0.15) is 17.3 Å². The Labute approximate surface area is 209 Å². The first-order chi connectivity index (χ1) is 17.0. The summed E-state index contributed by atoms with van der Waals surface area (Å²) in [7, 11) is 1.31. The van der Waals surface area contributed by atoms with E-state index in [2.05, 4.69) is 20.3 Å². The van der Waals surface area contributed by atoms with Gasteiger partial charge in [-0.15, -0.1) is 0 Å². The molecule has 1 unspecified atom stereocenters. The lowest BCUT2D eigenvalue weighted by atomic mass is 9.95. The Bertz CT molecular complexity index is 1440. The molecule has 2 N–H and O–H groups in total. The molecule has 1 aliphatic rings. The van der Waals surface area contributed by atoms with Gasteiger partial charge in [-0.2, -0.15) is 0 Å². The number of carbonyl (C=O) groups is 1. The van der Waals surface area contributed by atoms with Gasteiger partial charge >= 0.3 is 5.97 Å². The van der Waals surface area contributed by atoms with E-state index in [1.54, 1.807) is 12.3 Å². The van der Waals surface area contributed by atoms with Crippen LogP contribution in [0, 0.1) is 5.82 Å². The van der Waals surface area contributed by atoms with E-state index in [0.29, 0.717) is 33.7 Å². The standard InChI is InChI=1S/C25H19ClFN5O2S/c1-34-24(33)21-20(13-35-25-30-17-6-2-3-7-18(17)31-25)29-23(19-8-4-5-11-28-19)32-22(21)15-10-9-14(27)12-16(15)26/h2-12,22H,13H2,1H3,(H,29,32)(H,30,31). The summed E-state index contributed by atoms with van der Waals surface area (Å²) >= 11 is 7.82. The van der Waals surface area contributed by atoms with Crippen LogP contribution in [0.5, 0.6) is 0 Å². The number of ether oxygens (including phenoxy) is 1. The number of nitrogens with zero attached hydrogens (tertiary/aromatic N) is 3. The second-order valence-electron chi connectivity index (χ2n) is 7.62. The molecular formula is C25H19ClFN5O2S. The molecule has 4 aromatic rings. The molecule has 2 aromatic heterocycles. The number of pyridine rings is 1. The molecule has 0 aliphatic carbocycles. The summed E-state index contributed by atoms with van der Waals surface area (Å²) in [4.78, 5) is 30.0. The Morgan fingerprint density at radius 3 is 2.74 bits per heavy atom. The van der Waals surface area contributed by atoms with Crippen molar-refractivity contribution in [1.82, 2.24) is 20.3 Å². The number of H-pyrrole nitrogens is 1. The van der Waals surface area contributed by atoms with Gasteiger partial charge in [0.2, 0.25) is 0 Å². The minimum atomic E-state index is -0.819. The third-order valence-corrected chi connectivity index (χ3v) is 6.64. The summed E-state index contributed by atoms with van der Waals surface area (Å²) in [5.41, 5.74) is 3.69. The highest BCUT2D eigenvalue weighted by atomic mass is 35.5. The van der Waals surface area contributed by atoms with Crippen LogP contribution in [0.2, 0.25) is 5.02 Å². The molecule has 1 atom stereocenters. The Morgan fingerprint density at radius 2 is 2.00 bits per heavy atom. The monoisotopic (exact) mass is 507 g/mol. The number of methoxy groups -OCH3 is 1. The number of aromatic nitrogens is 3. The second kappa shape index (κ2) is 9.89. The predicted octanol–water partition coefficient (Wildman–Crippen LogP) is 5.06. The van der Waals surface area contributed by atoms with Crippen LogP contribution in [0.3, 0.4) is 0 Å². The molecule has 0 fully saturated rings. The molecule has 0 spiro atoms. The smallest absolute Gasteiger partial charge is 0.338 e. The zero-order chi connectivity index (χ0) is 24.4. The maximum Gasteiger partial charge on any atom is 0.338 e. The van der Waals surface area contributed by atoms with Crippen LogP contribution in [-0.2, 0) is 9.53 Å². The summed E-state index contributed by atoms with van der Waals surface area (Å²) < 4.78 is 18.9. The second-order valence-corrected chi connectivity index (χ2v) is 8.99. The summed E-state index contributed by atoms with van der Waals surface area (Å²) in [5.74, 6) is -0.229. The van der Waals surface area contributed by atoms with E-state index in [1.807, 2.05) is 36.4 Å². The van der Waals surface area contributed by atoms with Gasteiger partial charge in [-0.3, -0.25) is 9.98 Å². The highest BCUT2D eigenvalue weighted by Crippen LogP contribution is 2.37. The first-order valence-electron chi connectivity index (χ1n) is 10.6. The van der Waals surface area contributed by atoms with E-state index >= 15 is 0 Å². The molecule has 1 aliphatic heterocycles. The number of amidine groups is 1. The van der Waals surface area contributed by atoms with Gasteiger partial charge < -0.3 is 15.0 Å². The number of hydrogen-bond donors (Lipinski definition) is 2. The highest BCUT2D eigenvalue weighted by molar-refractivity contribution is 7.99. The summed E-state index contributed by atoms with van der Waals surface area (Å²) in [6, 6.07) is 16.4. The van der Waals surface area contributed by atoms with Crippen LogP contribution in [0.15, 0.2) is 88.3 Å². The zero-order valence-corrected chi connectivity index (χ0v) is 20.0. The number of para-hydroxylation sites is 2. The van der Waals surface area contributed by atoms with Crippen molar-refractivity contribution >= 4 is 46.2 Å².